The first-order valence-corrected chi connectivity index (χ1v) is 9.31. The summed E-state index contributed by atoms with van der Waals surface area (Å²) in [7, 11) is 0. The van der Waals surface area contributed by atoms with Gasteiger partial charge >= 0.3 is 0 Å². The molecule has 124 valence electrons. The van der Waals surface area contributed by atoms with E-state index in [9.17, 15) is 0 Å². The molecule has 0 saturated heterocycles. The summed E-state index contributed by atoms with van der Waals surface area (Å²) in [6, 6.07) is 17.0. The molecule has 2 aliphatic rings. The summed E-state index contributed by atoms with van der Waals surface area (Å²) in [5, 5.41) is 7.18. The van der Waals surface area contributed by atoms with E-state index in [4.69, 9.17) is 9.84 Å². The number of rotatable bonds is 3. The number of benzene rings is 2. The van der Waals surface area contributed by atoms with Crippen molar-refractivity contribution in [2.24, 2.45) is 5.10 Å². The normalized spacial score (nSPS) is 24.9. The molecule has 0 saturated carbocycles. The molecule has 2 unspecified atom stereocenters. The largest absolute Gasteiger partial charge is 0.466 e. The number of hydrogen-bond donors (Lipinski definition) is 0. The average Bonchev–Trinajstić information content (AvgIpc) is 3.02. The lowest BCUT2D eigenvalue weighted by Crippen LogP contribution is -2.51. The molecule has 0 bridgehead atoms. The van der Waals surface area contributed by atoms with Gasteiger partial charge in [0.2, 0.25) is 0 Å². The number of fused-ring (bicyclic) bond motifs is 3. The fraction of sp³-hybridized carbons (Fsp3) is 0.350. The van der Waals surface area contributed by atoms with Crippen LogP contribution >= 0.6 is 15.9 Å². The van der Waals surface area contributed by atoms with Gasteiger partial charge in [0.15, 0.2) is 5.72 Å². The van der Waals surface area contributed by atoms with E-state index < -0.39 is 0 Å². The van der Waals surface area contributed by atoms with Crippen molar-refractivity contribution in [1.29, 1.82) is 0 Å². The maximum Gasteiger partial charge on any atom is 0.195 e. The van der Waals surface area contributed by atoms with Gasteiger partial charge in [0.1, 0.15) is 5.75 Å². The molecule has 2 aromatic rings. The van der Waals surface area contributed by atoms with Gasteiger partial charge in [-0.2, -0.15) is 5.10 Å². The van der Waals surface area contributed by atoms with E-state index in [1.165, 1.54) is 11.1 Å². The molecule has 0 fully saturated rings. The maximum atomic E-state index is 6.39. The van der Waals surface area contributed by atoms with Crippen molar-refractivity contribution in [1.82, 2.24) is 5.01 Å². The summed E-state index contributed by atoms with van der Waals surface area (Å²) in [4.78, 5) is 0. The zero-order chi connectivity index (χ0) is 16.7. The van der Waals surface area contributed by atoms with Crippen LogP contribution in [0, 0.1) is 0 Å². The SMILES string of the molecule is CCCC1(C)Oc2ccccc2C2CC(c3ccc(Br)cc3)=NN21. The molecule has 0 amide bonds. The second kappa shape index (κ2) is 5.92. The van der Waals surface area contributed by atoms with E-state index in [2.05, 4.69) is 77.3 Å². The zero-order valence-electron chi connectivity index (χ0n) is 14.0. The van der Waals surface area contributed by atoms with Gasteiger partial charge < -0.3 is 4.74 Å². The smallest absolute Gasteiger partial charge is 0.195 e. The topological polar surface area (TPSA) is 24.8 Å². The Balaban J connectivity index is 1.76. The Morgan fingerprint density at radius 2 is 1.96 bits per heavy atom. The first kappa shape index (κ1) is 15.7. The number of hydrazone groups is 1. The van der Waals surface area contributed by atoms with Gasteiger partial charge in [0, 0.05) is 22.9 Å². The summed E-state index contributed by atoms with van der Waals surface area (Å²) in [5.74, 6) is 1.00. The lowest BCUT2D eigenvalue weighted by atomic mass is 9.94. The number of para-hydroxylation sites is 1. The molecular formula is C20H21BrN2O. The number of nitrogens with zero attached hydrogens (tertiary/aromatic N) is 2. The number of ether oxygens (including phenoxy) is 1. The summed E-state index contributed by atoms with van der Waals surface area (Å²) >= 11 is 3.50. The van der Waals surface area contributed by atoms with Crippen molar-refractivity contribution in [3.05, 3.63) is 64.1 Å². The Labute approximate surface area is 151 Å². The van der Waals surface area contributed by atoms with E-state index in [-0.39, 0.29) is 11.8 Å². The molecule has 4 heteroatoms. The first-order chi connectivity index (χ1) is 11.6. The Kier molecular flexibility index (Phi) is 3.87. The summed E-state index contributed by atoms with van der Waals surface area (Å²) < 4.78 is 7.48. The van der Waals surface area contributed by atoms with Crippen LogP contribution < -0.4 is 4.74 Å². The van der Waals surface area contributed by atoms with Crippen LogP contribution in [0.4, 0.5) is 0 Å². The summed E-state index contributed by atoms with van der Waals surface area (Å²) in [6.07, 6.45) is 2.93. The van der Waals surface area contributed by atoms with Gasteiger partial charge in [0.05, 0.1) is 11.8 Å². The molecule has 0 N–H and O–H groups in total. The van der Waals surface area contributed by atoms with Gasteiger partial charge in [0.25, 0.3) is 0 Å². The van der Waals surface area contributed by atoms with Gasteiger partial charge in [-0.15, -0.1) is 0 Å². The van der Waals surface area contributed by atoms with E-state index in [1.807, 2.05) is 6.07 Å². The first-order valence-electron chi connectivity index (χ1n) is 8.51. The summed E-state index contributed by atoms with van der Waals surface area (Å²) in [6.45, 7) is 4.35. The standard InChI is InChI=1S/C20H21BrN2O/c1-3-12-20(2)23-18(16-6-4-5-7-19(16)24-20)13-17(22-23)14-8-10-15(21)11-9-14/h4-11,18H,3,12-13H2,1-2H3. The molecule has 0 spiro atoms. The highest BCUT2D eigenvalue weighted by Gasteiger charge is 2.46. The van der Waals surface area contributed by atoms with E-state index in [1.54, 1.807) is 0 Å². The molecule has 0 aromatic heterocycles. The Morgan fingerprint density at radius 1 is 1.21 bits per heavy atom. The van der Waals surface area contributed by atoms with Crippen molar-refractivity contribution in [3.8, 4) is 5.75 Å². The molecule has 2 atom stereocenters. The maximum absolute atomic E-state index is 6.39. The molecule has 2 heterocycles. The van der Waals surface area contributed by atoms with Crippen molar-refractivity contribution >= 4 is 21.6 Å². The predicted octanol–water partition coefficient (Wildman–Crippen LogP) is 5.51. The van der Waals surface area contributed by atoms with E-state index >= 15 is 0 Å². The van der Waals surface area contributed by atoms with Gasteiger partial charge in [-0.05, 0) is 30.7 Å². The fourth-order valence-electron chi connectivity index (χ4n) is 3.77. The molecule has 4 rings (SSSR count). The van der Waals surface area contributed by atoms with E-state index in [0.717, 1.165) is 35.2 Å². The molecular weight excluding hydrogens is 364 g/mol. The predicted molar refractivity (Wildman–Crippen MR) is 100 cm³/mol. The van der Waals surface area contributed by atoms with Crippen LogP contribution in [-0.2, 0) is 0 Å². The third-order valence-electron chi connectivity index (χ3n) is 4.89. The highest BCUT2D eigenvalue weighted by Crippen LogP contribution is 2.47. The van der Waals surface area contributed by atoms with Crippen LogP contribution in [0.5, 0.6) is 5.75 Å². The van der Waals surface area contributed by atoms with Crippen molar-refractivity contribution in [2.75, 3.05) is 0 Å². The molecule has 0 aliphatic carbocycles. The highest BCUT2D eigenvalue weighted by molar-refractivity contribution is 9.10. The van der Waals surface area contributed by atoms with Crippen LogP contribution in [-0.4, -0.2) is 16.4 Å². The van der Waals surface area contributed by atoms with Crippen LogP contribution in [0.3, 0.4) is 0 Å². The van der Waals surface area contributed by atoms with Crippen molar-refractivity contribution in [2.45, 2.75) is 44.9 Å². The number of hydrogen-bond acceptors (Lipinski definition) is 3. The lowest BCUT2D eigenvalue weighted by Gasteiger charge is -2.45. The minimum atomic E-state index is -0.384. The van der Waals surface area contributed by atoms with Crippen LogP contribution in [0.15, 0.2) is 58.1 Å². The third-order valence-corrected chi connectivity index (χ3v) is 5.42. The second-order valence-electron chi connectivity index (χ2n) is 6.68. The van der Waals surface area contributed by atoms with Gasteiger partial charge in [-0.3, -0.25) is 0 Å². The van der Waals surface area contributed by atoms with Crippen LogP contribution in [0.2, 0.25) is 0 Å². The van der Waals surface area contributed by atoms with Crippen LogP contribution in [0.25, 0.3) is 0 Å². The minimum Gasteiger partial charge on any atom is -0.466 e. The Hall–Kier alpha value is -1.81. The molecule has 2 aliphatic heterocycles. The fourth-order valence-corrected chi connectivity index (χ4v) is 4.03. The summed E-state index contributed by atoms with van der Waals surface area (Å²) in [5.41, 5.74) is 3.17. The lowest BCUT2D eigenvalue weighted by molar-refractivity contribution is -0.111. The minimum absolute atomic E-state index is 0.255. The van der Waals surface area contributed by atoms with Gasteiger partial charge in [-0.1, -0.05) is 59.6 Å². The monoisotopic (exact) mass is 384 g/mol. The molecule has 2 aromatic carbocycles. The van der Waals surface area contributed by atoms with Crippen LogP contribution in [0.1, 0.15) is 50.3 Å². The van der Waals surface area contributed by atoms with E-state index in [0.29, 0.717) is 0 Å². The molecule has 3 nitrogen and oxygen atoms in total. The van der Waals surface area contributed by atoms with Crippen molar-refractivity contribution < 1.29 is 4.74 Å². The Bertz CT molecular complexity index is 786. The molecule has 24 heavy (non-hydrogen) atoms. The zero-order valence-corrected chi connectivity index (χ0v) is 15.6. The van der Waals surface area contributed by atoms with Gasteiger partial charge in [-0.25, -0.2) is 5.01 Å². The second-order valence-corrected chi connectivity index (χ2v) is 7.60. The molecule has 0 radical (unpaired) electrons. The third kappa shape index (κ3) is 2.53. The number of halogens is 1. The quantitative estimate of drug-likeness (QED) is 0.696. The average molecular weight is 385 g/mol. The Morgan fingerprint density at radius 3 is 2.71 bits per heavy atom. The van der Waals surface area contributed by atoms with Crippen molar-refractivity contribution in [3.63, 3.8) is 0 Å². The highest BCUT2D eigenvalue weighted by atomic mass is 79.9.